The Hall–Kier alpha value is -1.39. The fraction of sp³-hybridized carbons (Fsp3) is 0.500. The van der Waals surface area contributed by atoms with E-state index in [1.165, 1.54) is 18.2 Å². The molecule has 0 heterocycles. The van der Waals surface area contributed by atoms with Gasteiger partial charge in [-0.1, -0.05) is 12.2 Å². The van der Waals surface area contributed by atoms with E-state index in [-0.39, 0.29) is 6.42 Å². The lowest BCUT2D eigenvalue weighted by Gasteiger charge is -2.10. The normalized spacial score (nSPS) is 25.0. The first-order valence-corrected chi connectivity index (χ1v) is 5.88. The van der Waals surface area contributed by atoms with Crippen LogP contribution in [-0.2, 0) is 14.8 Å². The SMILES string of the molecule is N#CCS(=O)(=O)NC1C=CC(C(=O)O)C1. The highest BCUT2D eigenvalue weighted by Crippen LogP contribution is 2.18. The summed E-state index contributed by atoms with van der Waals surface area (Å²) in [5, 5.41) is 16.9. The number of aliphatic carboxylic acids is 1. The van der Waals surface area contributed by atoms with Crippen LogP contribution in [-0.4, -0.2) is 31.3 Å². The number of nitriles is 1. The molecule has 0 amide bonds. The van der Waals surface area contributed by atoms with Gasteiger partial charge in [-0.25, -0.2) is 13.1 Å². The number of carboxylic acid groups (broad SMARTS) is 1. The summed E-state index contributed by atoms with van der Waals surface area (Å²) >= 11 is 0. The van der Waals surface area contributed by atoms with Crippen molar-refractivity contribution in [1.82, 2.24) is 4.72 Å². The molecular weight excluding hydrogens is 220 g/mol. The van der Waals surface area contributed by atoms with Gasteiger partial charge in [-0.15, -0.1) is 0 Å². The second-order valence-corrected chi connectivity index (χ2v) is 4.96. The van der Waals surface area contributed by atoms with E-state index in [2.05, 4.69) is 4.72 Å². The topological polar surface area (TPSA) is 107 Å². The van der Waals surface area contributed by atoms with Crippen LogP contribution in [0.15, 0.2) is 12.2 Å². The Bertz CT molecular complexity index is 420. The fourth-order valence-electron chi connectivity index (χ4n) is 1.33. The molecule has 0 aromatic rings. The summed E-state index contributed by atoms with van der Waals surface area (Å²) in [6.45, 7) is 0. The molecule has 82 valence electrons. The highest BCUT2D eigenvalue weighted by atomic mass is 32.2. The average molecular weight is 230 g/mol. The first-order valence-electron chi connectivity index (χ1n) is 4.22. The maximum atomic E-state index is 11.1. The minimum absolute atomic E-state index is 0.194. The zero-order valence-corrected chi connectivity index (χ0v) is 8.57. The van der Waals surface area contributed by atoms with Gasteiger partial charge in [0, 0.05) is 6.04 Å². The number of nitrogens with one attached hydrogen (secondary N) is 1. The molecule has 0 radical (unpaired) electrons. The Balaban J connectivity index is 2.55. The predicted molar refractivity (Wildman–Crippen MR) is 51.2 cm³/mol. The van der Waals surface area contributed by atoms with Crippen molar-refractivity contribution in [2.75, 3.05) is 5.75 Å². The van der Waals surface area contributed by atoms with Crippen LogP contribution in [0, 0.1) is 17.2 Å². The van der Waals surface area contributed by atoms with Gasteiger partial charge in [-0.05, 0) is 6.42 Å². The van der Waals surface area contributed by atoms with Crippen LogP contribution in [0.1, 0.15) is 6.42 Å². The number of carboxylic acids is 1. The van der Waals surface area contributed by atoms with Gasteiger partial charge in [0.1, 0.15) is 0 Å². The minimum Gasteiger partial charge on any atom is -0.481 e. The largest absolute Gasteiger partial charge is 0.481 e. The van der Waals surface area contributed by atoms with Crippen molar-refractivity contribution in [3.05, 3.63) is 12.2 Å². The number of rotatable bonds is 4. The summed E-state index contributed by atoms with van der Waals surface area (Å²) < 4.78 is 24.5. The maximum absolute atomic E-state index is 11.1. The molecule has 0 fully saturated rings. The van der Waals surface area contributed by atoms with E-state index in [9.17, 15) is 13.2 Å². The Morgan fingerprint density at radius 2 is 2.27 bits per heavy atom. The highest BCUT2D eigenvalue weighted by molar-refractivity contribution is 7.89. The van der Waals surface area contributed by atoms with Gasteiger partial charge in [0.25, 0.3) is 0 Å². The van der Waals surface area contributed by atoms with Crippen LogP contribution in [0.5, 0.6) is 0 Å². The lowest BCUT2D eigenvalue weighted by molar-refractivity contribution is -0.140. The second kappa shape index (κ2) is 4.42. The quantitative estimate of drug-likeness (QED) is 0.630. The Labute approximate surface area is 87.3 Å². The van der Waals surface area contributed by atoms with Gasteiger partial charge in [-0.2, -0.15) is 5.26 Å². The van der Waals surface area contributed by atoms with Crippen molar-refractivity contribution in [3.63, 3.8) is 0 Å². The van der Waals surface area contributed by atoms with Gasteiger partial charge in [0.05, 0.1) is 12.0 Å². The zero-order valence-electron chi connectivity index (χ0n) is 7.75. The Kier molecular flexibility index (Phi) is 3.44. The molecular formula is C8H10N2O4S. The molecule has 1 aliphatic carbocycles. The molecule has 0 aliphatic heterocycles. The van der Waals surface area contributed by atoms with Gasteiger partial charge in [0.15, 0.2) is 5.75 Å². The van der Waals surface area contributed by atoms with Crippen LogP contribution in [0.2, 0.25) is 0 Å². The highest BCUT2D eigenvalue weighted by Gasteiger charge is 2.27. The third-order valence-corrected chi connectivity index (χ3v) is 3.16. The van der Waals surface area contributed by atoms with Crippen molar-refractivity contribution < 1.29 is 18.3 Å². The number of sulfonamides is 1. The minimum atomic E-state index is -3.62. The molecule has 2 N–H and O–H groups in total. The van der Waals surface area contributed by atoms with Crippen molar-refractivity contribution in [2.45, 2.75) is 12.5 Å². The van der Waals surface area contributed by atoms with Crippen LogP contribution < -0.4 is 4.72 Å². The van der Waals surface area contributed by atoms with E-state index in [0.29, 0.717) is 0 Å². The second-order valence-electron chi connectivity index (χ2n) is 3.21. The molecule has 1 aliphatic rings. The summed E-state index contributed by atoms with van der Waals surface area (Å²) in [7, 11) is -3.62. The van der Waals surface area contributed by atoms with E-state index >= 15 is 0 Å². The summed E-state index contributed by atoms with van der Waals surface area (Å²) in [5.74, 6) is -2.25. The Morgan fingerprint density at radius 1 is 1.60 bits per heavy atom. The van der Waals surface area contributed by atoms with Crippen LogP contribution in [0.25, 0.3) is 0 Å². The summed E-state index contributed by atoms with van der Waals surface area (Å²) in [5.41, 5.74) is 0. The van der Waals surface area contributed by atoms with Crippen LogP contribution >= 0.6 is 0 Å². The lowest BCUT2D eigenvalue weighted by Crippen LogP contribution is -2.34. The first-order chi connectivity index (χ1) is 6.94. The summed E-state index contributed by atoms with van der Waals surface area (Å²) in [6, 6.07) is 1.00. The average Bonchev–Trinajstić information content (AvgIpc) is 2.51. The molecule has 0 bridgehead atoms. The van der Waals surface area contributed by atoms with Gasteiger partial charge in [0.2, 0.25) is 10.0 Å². The van der Waals surface area contributed by atoms with E-state index in [1.54, 1.807) is 0 Å². The third kappa shape index (κ3) is 3.34. The predicted octanol–water partition coefficient (Wildman–Crippen LogP) is -0.541. The smallest absolute Gasteiger partial charge is 0.310 e. The molecule has 7 heteroatoms. The van der Waals surface area contributed by atoms with E-state index in [0.717, 1.165) is 0 Å². The first kappa shape index (κ1) is 11.7. The maximum Gasteiger partial charge on any atom is 0.310 e. The molecule has 0 saturated carbocycles. The monoisotopic (exact) mass is 230 g/mol. The van der Waals surface area contributed by atoms with E-state index in [1.807, 2.05) is 0 Å². The van der Waals surface area contributed by atoms with Gasteiger partial charge < -0.3 is 5.11 Å². The molecule has 6 nitrogen and oxygen atoms in total. The van der Waals surface area contributed by atoms with Gasteiger partial charge >= 0.3 is 5.97 Å². The molecule has 1 rings (SSSR count). The van der Waals surface area contributed by atoms with Gasteiger partial charge in [-0.3, -0.25) is 4.79 Å². The summed E-state index contributed by atoms with van der Waals surface area (Å²) in [6.07, 6.45) is 3.13. The molecule has 2 unspecified atom stereocenters. The van der Waals surface area contributed by atoms with Crippen molar-refractivity contribution in [2.24, 2.45) is 5.92 Å². The molecule has 0 aromatic heterocycles. The molecule has 0 saturated heterocycles. The van der Waals surface area contributed by atoms with E-state index in [4.69, 9.17) is 10.4 Å². The number of carbonyl (C=O) groups is 1. The van der Waals surface area contributed by atoms with Crippen molar-refractivity contribution in [3.8, 4) is 6.07 Å². The zero-order chi connectivity index (χ0) is 11.5. The number of nitrogens with zero attached hydrogens (tertiary/aromatic N) is 1. The van der Waals surface area contributed by atoms with Crippen LogP contribution in [0.4, 0.5) is 0 Å². The standard InChI is InChI=1S/C8H10N2O4S/c9-3-4-15(13,14)10-7-2-1-6(5-7)8(11)12/h1-2,6-7,10H,4-5H2,(H,11,12). The van der Waals surface area contributed by atoms with Crippen LogP contribution in [0.3, 0.4) is 0 Å². The molecule has 0 aromatic carbocycles. The van der Waals surface area contributed by atoms with Crippen molar-refractivity contribution in [1.29, 1.82) is 5.26 Å². The third-order valence-electron chi connectivity index (χ3n) is 1.99. The Morgan fingerprint density at radius 3 is 2.73 bits per heavy atom. The van der Waals surface area contributed by atoms with E-state index < -0.39 is 33.7 Å². The summed E-state index contributed by atoms with van der Waals surface area (Å²) in [4.78, 5) is 10.6. The molecule has 15 heavy (non-hydrogen) atoms. The fourth-order valence-corrected chi connectivity index (χ4v) is 2.22. The van der Waals surface area contributed by atoms with Crippen molar-refractivity contribution >= 4 is 16.0 Å². The lowest BCUT2D eigenvalue weighted by atomic mass is 10.1. The molecule has 0 spiro atoms. The number of hydrogen-bond acceptors (Lipinski definition) is 4. The number of hydrogen-bond donors (Lipinski definition) is 2. The molecule has 2 atom stereocenters.